The van der Waals surface area contributed by atoms with E-state index in [1.807, 2.05) is 17.0 Å². The lowest BCUT2D eigenvalue weighted by molar-refractivity contribution is 0.976. The summed E-state index contributed by atoms with van der Waals surface area (Å²) in [6, 6.07) is 7.37. The van der Waals surface area contributed by atoms with Crippen LogP contribution < -0.4 is 5.32 Å². The summed E-state index contributed by atoms with van der Waals surface area (Å²) in [5, 5.41) is 14.8. The predicted octanol–water partition coefficient (Wildman–Crippen LogP) is 3.32. The topological polar surface area (TPSA) is 48.7 Å². The summed E-state index contributed by atoms with van der Waals surface area (Å²) in [5.41, 5.74) is 4.26. The van der Waals surface area contributed by atoms with Crippen molar-refractivity contribution in [2.75, 3.05) is 11.9 Å². The molecule has 1 N–H and O–H groups in total. The van der Waals surface area contributed by atoms with Gasteiger partial charge in [-0.3, -0.25) is 0 Å². The molecule has 1 heterocycles. The van der Waals surface area contributed by atoms with E-state index in [4.69, 9.17) is 16.9 Å². The molecule has 0 aliphatic carbocycles. The maximum absolute atomic E-state index is 8.97. The van der Waals surface area contributed by atoms with E-state index in [-0.39, 0.29) is 0 Å². The van der Waals surface area contributed by atoms with Crippen molar-refractivity contribution < 1.29 is 0 Å². The van der Waals surface area contributed by atoms with Crippen LogP contribution in [0.5, 0.6) is 0 Å². The molecule has 0 atom stereocenters. The highest BCUT2D eigenvalue weighted by atomic mass is 35.5. The third-order valence-electron chi connectivity index (χ3n) is 2.28. The van der Waals surface area contributed by atoms with Gasteiger partial charge in [-0.2, -0.15) is 5.26 Å². The van der Waals surface area contributed by atoms with Crippen molar-refractivity contribution in [3.8, 4) is 6.07 Å². The maximum Gasteiger partial charge on any atom is 0.101 e. The highest BCUT2D eigenvalue weighted by Crippen LogP contribution is 2.19. The number of hydrogen-bond acceptors (Lipinski definition) is 4. The van der Waals surface area contributed by atoms with Gasteiger partial charge in [0, 0.05) is 23.4 Å². The molecular weight excluding hydrogens is 254 g/mol. The normalized spacial score (nSPS) is 9.88. The number of halogens is 1. The summed E-state index contributed by atoms with van der Waals surface area (Å²) < 4.78 is 0. The first-order chi connectivity index (χ1) is 8.29. The van der Waals surface area contributed by atoms with E-state index in [1.54, 1.807) is 23.5 Å². The van der Waals surface area contributed by atoms with Gasteiger partial charge in [0.2, 0.25) is 0 Å². The molecule has 2 rings (SSSR count). The van der Waals surface area contributed by atoms with Crippen molar-refractivity contribution in [2.45, 2.75) is 6.42 Å². The molecule has 0 saturated heterocycles. The highest BCUT2D eigenvalue weighted by Gasteiger charge is 2.02. The molecule has 1 aromatic carbocycles. The molecule has 0 unspecified atom stereocenters. The Hall–Kier alpha value is -1.57. The molecule has 5 heteroatoms. The number of nitrogens with zero attached hydrogens (tertiary/aromatic N) is 2. The first kappa shape index (κ1) is 11.9. The van der Waals surface area contributed by atoms with Crippen molar-refractivity contribution in [3.05, 3.63) is 45.4 Å². The highest BCUT2D eigenvalue weighted by molar-refractivity contribution is 7.07. The Bertz CT molecular complexity index is 531. The van der Waals surface area contributed by atoms with E-state index in [0.717, 1.165) is 24.3 Å². The quantitative estimate of drug-likeness (QED) is 0.921. The van der Waals surface area contributed by atoms with Crippen LogP contribution in [0.2, 0.25) is 5.02 Å². The number of thiazole rings is 1. The van der Waals surface area contributed by atoms with Crippen LogP contribution in [0.1, 0.15) is 11.3 Å². The van der Waals surface area contributed by atoms with Gasteiger partial charge in [-0.1, -0.05) is 11.6 Å². The fourth-order valence-electron chi connectivity index (χ4n) is 1.45. The molecule has 2 aromatic rings. The van der Waals surface area contributed by atoms with E-state index >= 15 is 0 Å². The van der Waals surface area contributed by atoms with Gasteiger partial charge in [-0.25, -0.2) is 4.98 Å². The predicted molar refractivity (Wildman–Crippen MR) is 70.5 cm³/mol. The Balaban J connectivity index is 1.97. The smallest absolute Gasteiger partial charge is 0.101 e. The minimum absolute atomic E-state index is 0.566. The number of nitrogens with one attached hydrogen (secondary N) is 1. The van der Waals surface area contributed by atoms with E-state index in [0.29, 0.717) is 10.6 Å². The molecule has 0 spiro atoms. The summed E-state index contributed by atoms with van der Waals surface area (Å²) in [7, 11) is 0. The monoisotopic (exact) mass is 263 g/mol. The molecule has 0 saturated carbocycles. The lowest BCUT2D eigenvalue weighted by Crippen LogP contribution is -2.06. The molecule has 17 heavy (non-hydrogen) atoms. The van der Waals surface area contributed by atoms with Crippen LogP contribution in [0.3, 0.4) is 0 Å². The zero-order valence-corrected chi connectivity index (χ0v) is 10.6. The van der Waals surface area contributed by atoms with E-state index in [1.165, 1.54) is 0 Å². The minimum Gasteiger partial charge on any atom is -0.384 e. The van der Waals surface area contributed by atoms with Crippen LogP contribution in [0.15, 0.2) is 29.1 Å². The summed E-state index contributed by atoms with van der Waals surface area (Å²) in [6.07, 6.45) is 0.844. The Morgan fingerprint density at radius 2 is 2.35 bits per heavy atom. The van der Waals surface area contributed by atoms with Crippen molar-refractivity contribution in [1.29, 1.82) is 5.26 Å². The molecule has 1 aromatic heterocycles. The zero-order chi connectivity index (χ0) is 12.1. The van der Waals surface area contributed by atoms with Gasteiger partial charge in [0.25, 0.3) is 0 Å². The van der Waals surface area contributed by atoms with Gasteiger partial charge in [0.1, 0.15) is 6.07 Å². The van der Waals surface area contributed by atoms with Crippen LogP contribution in [0.4, 0.5) is 5.69 Å². The van der Waals surface area contributed by atoms with Gasteiger partial charge in [-0.05, 0) is 18.2 Å². The Kier molecular flexibility index (Phi) is 3.97. The van der Waals surface area contributed by atoms with Gasteiger partial charge in [0.05, 0.1) is 22.5 Å². The Morgan fingerprint density at radius 3 is 3.06 bits per heavy atom. The number of nitriles is 1. The number of anilines is 1. The van der Waals surface area contributed by atoms with E-state index in [9.17, 15) is 0 Å². The van der Waals surface area contributed by atoms with Crippen LogP contribution in [-0.4, -0.2) is 11.5 Å². The summed E-state index contributed by atoms with van der Waals surface area (Å²) >= 11 is 7.41. The SMILES string of the molecule is N#Cc1cc(Cl)ccc1NCCc1cscn1. The molecule has 0 fully saturated rings. The third kappa shape index (κ3) is 3.19. The molecule has 3 nitrogen and oxygen atoms in total. The second-order valence-electron chi connectivity index (χ2n) is 3.46. The largest absolute Gasteiger partial charge is 0.384 e. The van der Waals surface area contributed by atoms with Gasteiger partial charge < -0.3 is 5.32 Å². The van der Waals surface area contributed by atoms with Gasteiger partial charge >= 0.3 is 0 Å². The van der Waals surface area contributed by atoms with Crippen molar-refractivity contribution in [3.63, 3.8) is 0 Å². The summed E-state index contributed by atoms with van der Waals surface area (Å²) in [4.78, 5) is 4.20. The first-order valence-corrected chi connectivity index (χ1v) is 6.42. The maximum atomic E-state index is 8.97. The average Bonchev–Trinajstić information content (AvgIpc) is 2.84. The second-order valence-corrected chi connectivity index (χ2v) is 4.61. The molecule has 86 valence electrons. The second kappa shape index (κ2) is 5.67. The van der Waals surface area contributed by atoms with Crippen LogP contribution >= 0.6 is 22.9 Å². The van der Waals surface area contributed by atoms with Gasteiger partial charge in [-0.15, -0.1) is 11.3 Å². The molecule has 0 radical (unpaired) electrons. The molecule has 0 amide bonds. The van der Waals surface area contributed by atoms with Crippen molar-refractivity contribution in [2.24, 2.45) is 0 Å². The minimum atomic E-state index is 0.566. The van der Waals surface area contributed by atoms with Crippen LogP contribution in [0.25, 0.3) is 0 Å². The fraction of sp³-hybridized carbons (Fsp3) is 0.167. The molecular formula is C12H10ClN3S. The number of benzene rings is 1. The molecule has 0 aliphatic heterocycles. The lowest BCUT2D eigenvalue weighted by atomic mass is 10.2. The number of aromatic nitrogens is 1. The summed E-state index contributed by atoms with van der Waals surface area (Å²) in [5.74, 6) is 0. The number of hydrogen-bond donors (Lipinski definition) is 1. The van der Waals surface area contributed by atoms with E-state index in [2.05, 4.69) is 16.4 Å². The first-order valence-electron chi connectivity index (χ1n) is 5.10. The zero-order valence-electron chi connectivity index (χ0n) is 8.98. The Labute approximate surface area is 109 Å². The Morgan fingerprint density at radius 1 is 1.47 bits per heavy atom. The average molecular weight is 264 g/mol. The van der Waals surface area contributed by atoms with Crippen molar-refractivity contribution in [1.82, 2.24) is 4.98 Å². The number of rotatable bonds is 4. The molecule has 0 bridgehead atoms. The lowest BCUT2D eigenvalue weighted by Gasteiger charge is -2.07. The summed E-state index contributed by atoms with van der Waals surface area (Å²) in [6.45, 7) is 0.750. The van der Waals surface area contributed by atoms with E-state index < -0.39 is 0 Å². The standard InChI is InChI=1S/C12H10ClN3S/c13-10-1-2-12(9(5-10)6-14)15-4-3-11-7-17-8-16-11/h1-2,5,7-8,15H,3-4H2. The molecule has 0 aliphatic rings. The third-order valence-corrected chi connectivity index (χ3v) is 3.15. The van der Waals surface area contributed by atoms with Gasteiger partial charge in [0.15, 0.2) is 0 Å². The van der Waals surface area contributed by atoms with Crippen LogP contribution in [0, 0.1) is 11.3 Å². The fourth-order valence-corrected chi connectivity index (χ4v) is 2.21. The van der Waals surface area contributed by atoms with Crippen molar-refractivity contribution >= 4 is 28.6 Å². The van der Waals surface area contributed by atoms with Crippen LogP contribution in [-0.2, 0) is 6.42 Å².